The summed E-state index contributed by atoms with van der Waals surface area (Å²) in [4.78, 5) is 58.7. The zero-order valence-electron chi connectivity index (χ0n) is 24.1. The van der Waals surface area contributed by atoms with Crippen LogP contribution in [0.4, 0.5) is 0 Å². The minimum atomic E-state index is -1.19. The molecule has 13 heteroatoms. The summed E-state index contributed by atoms with van der Waals surface area (Å²) in [6.07, 6.45) is 3.02. The van der Waals surface area contributed by atoms with E-state index < -0.39 is 53.8 Å². The topological polar surface area (TPSA) is 231 Å². The van der Waals surface area contributed by atoms with Crippen LogP contribution in [-0.4, -0.2) is 70.5 Å². The number of benzene rings is 1. The number of aromatic amines is 1. The molecule has 0 bridgehead atoms. The number of hydrogen-bond donors (Lipinski definition) is 8. The van der Waals surface area contributed by atoms with Crippen LogP contribution in [0.5, 0.6) is 0 Å². The molecule has 0 aliphatic carbocycles. The van der Waals surface area contributed by atoms with Gasteiger partial charge in [-0.05, 0) is 36.3 Å². The van der Waals surface area contributed by atoms with E-state index in [2.05, 4.69) is 25.9 Å². The molecule has 226 valence electrons. The summed E-state index contributed by atoms with van der Waals surface area (Å²) in [6.45, 7) is 7.30. The molecule has 1 aromatic carbocycles. The van der Waals surface area contributed by atoms with Crippen molar-refractivity contribution < 1.29 is 24.3 Å². The molecule has 1 heterocycles. The van der Waals surface area contributed by atoms with Crippen molar-refractivity contribution in [2.45, 2.75) is 77.5 Å². The molecule has 1 aromatic heterocycles. The number of aliphatic imine (C=N–C) groups is 1. The van der Waals surface area contributed by atoms with Crippen molar-refractivity contribution in [3.05, 3.63) is 36.0 Å². The second-order valence-corrected chi connectivity index (χ2v) is 10.6. The first kappa shape index (κ1) is 33.1. The molecule has 41 heavy (non-hydrogen) atoms. The number of amides is 3. The van der Waals surface area contributed by atoms with Crippen LogP contribution in [0.15, 0.2) is 35.5 Å². The van der Waals surface area contributed by atoms with Gasteiger partial charge in [-0.25, -0.2) is 4.79 Å². The first-order valence-corrected chi connectivity index (χ1v) is 13.9. The van der Waals surface area contributed by atoms with Gasteiger partial charge in [0.15, 0.2) is 5.96 Å². The summed E-state index contributed by atoms with van der Waals surface area (Å²) in [7, 11) is 0. The van der Waals surface area contributed by atoms with Crippen molar-refractivity contribution in [2.75, 3.05) is 6.54 Å². The lowest BCUT2D eigenvalue weighted by molar-refractivity contribution is -0.143. The van der Waals surface area contributed by atoms with Gasteiger partial charge in [0.2, 0.25) is 17.7 Å². The maximum atomic E-state index is 13.7. The molecule has 3 amide bonds. The maximum absolute atomic E-state index is 13.7. The van der Waals surface area contributed by atoms with Crippen LogP contribution in [0.2, 0.25) is 0 Å². The predicted molar refractivity (Wildman–Crippen MR) is 158 cm³/mol. The number of nitrogens with zero attached hydrogens (tertiary/aromatic N) is 1. The highest BCUT2D eigenvalue weighted by Crippen LogP contribution is 2.19. The van der Waals surface area contributed by atoms with Gasteiger partial charge in [0.1, 0.15) is 18.1 Å². The second-order valence-electron chi connectivity index (χ2n) is 10.6. The largest absolute Gasteiger partial charge is 0.480 e. The molecule has 0 saturated heterocycles. The number of guanidine groups is 1. The van der Waals surface area contributed by atoms with E-state index in [1.54, 1.807) is 20.0 Å². The Bertz CT molecular complexity index is 1220. The van der Waals surface area contributed by atoms with Crippen LogP contribution in [0.3, 0.4) is 0 Å². The average Bonchev–Trinajstić information content (AvgIpc) is 3.33. The third kappa shape index (κ3) is 9.78. The fourth-order valence-corrected chi connectivity index (χ4v) is 4.32. The molecule has 0 saturated carbocycles. The number of rotatable bonds is 16. The van der Waals surface area contributed by atoms with Gasteiger partial charge in [-0.2, -0.15) is 0 Å². The molecule has 0 spiro atoms. The Labute approximate surface area is 240 Å². The third-order valence-electron chi connectivity index (χ3n) is 7.10. The summed E-state index contributed by atoms with van der Waals surface area (Å²) in [5.41, 5.74) is 18.6. The Morgan fingerprint density at radius 3 is 2.22 bits per heavy atom. The van der Waals surface area contributed by atoms with Crippen molar-refractivity contribution in [1.29, 1.82) is 0 Å². The van der Waals surface area contributed by atoms with E-state index >= 15 is 0 Å². The van der Waals surface area contributed by atoms with Gasteiger partial charge in [-0.15, -0.1) is 0 Å². The Balaban J connectivity index is 2.34. The number of fused-ring (bicyclic) bond motifs is 1. The van der Waals surface area contributed by atoms with Crippen LogP contribution < -0.4 is 33.2 Å². The quantitative estimate of drug-likeness (QED) is 0.0791. The standard InChI is InChI=1S/C28H44N8O5/c1-5-16(4)22(29)26(39)35-21(13-17-14-33-19-10-7-6-9-18(17)19)25(38)34-20(11-8-12-32-28(30)31)24(37)36-23(15(2)3)27(40)41/h6-7,9-10,14-16,20-23,33H,5,8,11-13,29H2,1-4H3,(H,34,38)(H,35,39)(H,36,37)(H,40,41)(H4,30,31,32). The number of carbonyl (C=O) groups excluding carboxylic acids is 3. The first-order valence-electron chi connectivity index (χ1n) is 13.9. The number of hydrogen-bond acceptors (Lipinski definition) is 6. The van der Waals surface area contributed by atoms with Crippen LogP contribution in [0.1, 0.15) is 52.5 Å². The summed E-state index contributed by atoms with van der Waals surface area (Å²) < 4.78 is 0. The number of para-hydroxylation sites is 1. The smallest absolute Gasteiger partial charge is 0.326 e. The normalized spacial score (nSPS) is 14.9. The van der Waals surface area contributed by atoms with E-state index in [1.165, 1.54) is 0 Å². The van der Waals surface area contributed by atoms with Crippen molar-refractivity contribution in [3.8, 4) is 0 Å². The second kappa shape index (κ2) is 15.6. The van der Waals surface area contributed by atoms with Gasteiger partial charge in [0.05, 0.1) is 6.04 Å². The van der Waals surface area contributed by atoms with Crippen LogP contribution >= 0.6 is 0 Å². The van der Waals surface area contributed by atoms with Gasteiger partial charge in [0, 0.05) is 30.1 Å². The molecule has 0 fully saturated rings. The lowest BCUT2D eigenvalue weighted by Crippen LogP contribution is -2.58. The first-order chi connectivity index (χ1) is 19.3. The molecule has 13 nitrogen and oxygen atoms in total. The number of carboxylic acids is 1. The molecule has 2 aromatic rings. The minimum absolute atomic E-state index is 0.111. The number of carboxylic acid groups (broad SMARTS) is 1. The number of carbonyl (C=O) groups is 4. The molecule has 2 rings (SSSR count). The van der Waals surface area contributed by atoms with E-state index in [-0.39, 0.29) is 31.3 Å². The van der Waals surface area contributed by atoms with Crippen molar-refractivity contribution in [3.63, 3.8) is 0 Å². The SMILES string of the molecule is CCC(C)C(N)C(=O)NC(Cc1c[nH]c2ccccc12)C(=O)NC(CCCN=C(N)N)C(=O)NC(C(=O)O)C(C)C. The van der Waals surface area contributed by atoms with Gasteiger partial charge < -0.3 is 43.2 Å². The molecule has 0 aliphatic rings. The van der Waals surface area contributed by atoms with E-state index in [0.717, 1.165) is 16.5 Å². The van der Waals surface area contributed by atoms with Crippen molar-refractivity contribution >= 4 is 40.6 Å². The number of aliphatic carboxylic acids is 1. The summed E-state index contributed by atoms with van der Waals surface area (Å²) >= 11 is 0. The summed E-state index contributed by atoms with van der Waals surface area (Å²) in [6, 6.07) is 3.39. The average molecular weight is 573 g/mol. The van der Waals surface area contributed by atoms with Gasteiger partial charge >= 0.3 is 5.97 Å². The molecule has 0 aliphatic heterocycles. The molecular weight excluding hydrogens is 528 g/mol. The lowest BCUT2D eigenvalue weighted by atomic mass is 9.98. The monoisotopic (exact) mass is 572 g/mol. The van der Waals surface area contributed by atoms with Crippen LogP contribution in [0.25, 0.3) is 10.9 Å². The zero-order valence-corrected chi connectivity index (χ0v) is 24.1. The Morgan fingerprint density at radius 2 is 1.61 bits per heavy atom. The van der Waals surface area contributed by atoms with Crippen molar-refractivity contribution in [1.82, 2.24) is 20.9 Å². The Kier molecular flexibility index (Phi) is 12.6. The molecule has 11 N–H and O–H groups in total. The maximum Gasteiger partial charge on any atom is 0.326 e. The molecule has 5 atom stereocenters. The van der Waals surface area contributed by atoms with Gasteiger partial charge in [0.25, 0.3) is 0 Å². The predicted octanol–water partition coefficient (Wildman–Crippen LogP) is 0.332. The zero-order chi connectivity index (χ0) is 30.7. The highest BCUT2D eigenvalue weighted by Gasteiger charge is 2.32. The number of H-pyrrole nitrogens is 1. The van der Waals surface area contributed by atoms with Crippen molar-refractivity contribution in [2.24, 2.45) is 34.0 Å². The third-order valence-corrected chi connectivity index (χ3v) is 7.10. The van der Waals surface area contributed by atoms with Gasteiger partial charge in [-0.1, -0.05) is 52.3 Å². The Morgan fingerprint density at radius 1 is 0.976 bits per heavy atom. The van der Waals surface area contributed by atoms with E-state index in [4.69, 9.17) is 17.2 Å². The highest BCUT2D eigenvalue weighted by atomic mass is 16.4. The Hall–Kier alpha value is -4.13. The number of aromatic nitrogens is 1. The van der Waals surface area contributed by atoms with Crippen LogP contribution in [-0.2, 0) is 25.6 Å². The fraction of sp³-hybridized carbons (Fsp3) is 0.536. The van der Waals surface area contributed by atoms with E-state index in [0.29, 0.717) is 12.8 Å². The lowest BCUT2D eigenvalue weighted by Gasteiger charge is -2.26. The molecule has 5 unspecified atom stereocenters. The van der Waals surface area contributed by atoms with E-state index in [1.807, 2.05) is 38.1 Å². The van der Waals surface area contributed by atoms with Crippen LogP contribution in [0, 0.1) is 11.8 Å². The number of nitrogens with two attached hydrogens (primary N) is 3. The fourth-order valence-electron chi connectivity index (χ4n) is 4.32. The molecule has 0 radical (unpaired) electrons. The molecular formula is C28H44N8O5. The summed E-state index contributed by atoms with van der Waals surface area (Å²) in [5.74, 6) is -3.59. The number of nitrogens with one attached hydrogen (secondary N) is 4. The van der Waals surface area contributed by atoms with E-state index in [9.17, 15) is 24.3 Å². The minimum Gasteiger partial charge on any atom is -0.480 e. The van der Waals surface area contributed by atoms with Gasteiger partial charge in [-0.3, -0.25) is 19.4 Å². The summed E-state index contributed by atoms with van der Waals surface area (Å²) in [5, 5.41) is 18.4. The highest BCUT2D eigenvalue weighted by molar-refractivity contribution is 5.95.